The molecule has 0 bridgehead atoms. The Labute approximate surface area is 123 Å². The number of benzene rings is 1. The van der Waals surface area contributed by atoms with Crippen LogP contribution in [0.1, 0.15) is 38.8 Å². The summed E-state index contributed by atoms with van der Waals surface area (Å²) in [5, 5.41) is 3.68. The molecule has 0 amide bonds. The summed E-state index contributed by atoms with van der Waals surface area (Å²) in [5.74, 6) is 0. The Morgan fingerprint density at radius 3 is 2.70 bits per heavy atom. The summed E-state index contributed by atoms with van der Waals surface area (Å²) >= 11 is 0. The summed E-state index contributed by atoms with van der Waals surface area (Å²) < 4.78 is 5.80. The number of nitrogens with zero attached hydrogens (tertiary/aromatic N) is 1. The second-order valence-corrected chi connectivity index (χ2v) is 6.26. The van der Waals surface area contributed by atoms with Gasteiger partial charge in [0.25, 0.3) is 0 Å². The van der Waals surface area contributed by atoms with E-state index in [0.717, 1.165) is 39.2 Å². The van der Waals surface area contributed by atoms with Crippen molar-refractivity contribution in [3.63, 3.8) is 0 Å². The van der Waals surface area contributed by atoms with E-state index in [9.17, 15) is 0 Å². The maximum absolute atomic E-state index is 5.80. The molecule has 0 aliphatic carbocycles. The van der Waals surface area contributed by atoms with Crippen LogP contribution in [0.2, 0.25) is 0 Å². The maximum Gasteiger partial charge on any atom is 0.0753 e. The fourth-order valence-electron chi connectivity index (χ4n) is 2.82. The molecule has 3 heteroatoms. The van der Waals surface area contributed by atoms with Crippen LogP contribution in [0.5, 0.6) is 0 Å². The zero-order valence-corrected chi connectivity index (χ0v) is 13.1. The lowest BCUT2D eigenvalue weighted by Gasteiger charge is -2.39. The van der Waals surface area contributed by atoms with Gasteiger partial charge in [-0.2, -0.15) is 0 Å². The summed E-state index contributed by atoms with van der Waals surface area (Å²) in [6, 6.07) is 11.2. The van der Waals surface area contributed by atoms with Crippen LogP contribution in [0.4, 0.5) is 0 Å². The van der Waals surface area contributed by atoms with E-state index in [4.69, 9.17) is 4.74 Å². The van der Waals surface area contributed by atoms with E-state index < -0.39 is 0 Å². The Morgan fingerprint density at radius 1 is 1.30 bits per heavy atom. The van der Waals surface area contributed by atoms with Gasteiger partial charge in [0.15, 0.2) is 0 Å². The van der Waals surface area contributed by atoms with E-state index in [2.05, 4.69) is 61.3 Å². The molecule has 1 aromatic carbocycles. The largest absolute Gasteiger partial charge is 0.373 e. The third kappa shape index (κ3) is 4.58. The van der Waals surface area contributed by atoms with Crippen molar-refractivity contribution in [2.45, 2.75) is 38.8 Å². The number of ether oxygens (including phenoxy) is 1. The molecule has 2 rings (SSSR count). The van der Waals surface area contributed by atoms with Crippen molar-refractivity contribution in [2.75, 3.05) is 32.8 Å². The molecule has 1 atom stereocenters. The molecule has 1 unspecified atom stereocenters. The van der Waals surface area contributed by atoms with E-state index in [1.54, 1.807) is 0 Å². The van der Waals surface area contributed by atoms with E-state index in [-0.39, 0.29) is 5.60 Å². The molecule has 112 valence electrons. The first-order chi connectivity index (χ1) is 9.61. The van der Waals surface area contributed by atoms with Gasteiger partial charge >= 0.3 is 0 Å². The fraction of sp³-hybridized carbons (Fsp3) is 0.647. The van der Waals surface area contributed by atoms with Gasteiger partial charge in [0.2, 0.25) is 0 Å². The highest BCUT2D eigenvalue weighted by Gasteiger charge is 2.28. The molecule has 0 saturated carbocycles. The lowest BCUT2D eigenvalue weighted by Crippen LogP contribution is -2.50. The summed E-state index contributed by atoms with van der Waals surface area (Å²) in [4.78, 5) is 2.52. The van der Waals surface area contributed by atoms with Crippen LogP contribution in [-0.4, -0.2) is 43.3 Å². The first-order valence-electron chi connectivity index (χ1n) is 7.75. The van der Waals surface area contributed by atoms with Crippen LogP contribution in [0.15, 0.2) is 30.3 Å². The van der Waals surface area contributed by atoms with Crippen molar-refractivity contribution in [3.8, 4) is 0 Å². The summed E-state index contributed by atoms with van der Waals surface area (Å²) in [5.41, 5.74) is 1.36. The molecule has 20 heavy (non-hydrogen) atoms. The molecule has 0 spiro atoms. The number of morpholine rings is 1. The average Bonchev–Trinajstić information content (AvgIpc) is 2.43. The quantitative estimate of drug-likeness (QED) is 0.864. The monoisotopic (exact) mass is 276 g/mol. The Kier molecular flexibility index (Phi) is 5.58. The third-order valence-corrected chi connectivity index (χ3v) is 3.79. The highest BCUT2D eigenvalue weighted by molar-refractivity contribution is 5.19. The van der Waals surface area contributed by atoms with Crippen LogP contribution in [0.25, 0.3) is 0 Å². The minimum absolute atomic E-state index is 0.0236. The predicted molar refractivity (Wildman–Crippen MR) is 83.9 cm³/mol. The van der Waals surface area contributed by atoms with Crippen molar-refractivity contribution in [2.24, 2.45) is 0 Å². The molecule has 1 saturated heterocycles. The molecule has 1 N–H and O–H groups in total. The summed E-state index contributed by atoms with van der Waals surface area (Å²) in [6.07, 6.45) is 1.16. The highest BCUT2D eigenvalue weighted by Crippen LogP contribution is 2.20. The molecule has 1 heterocycles. The zero-order chi connectivity index (χ0) is 14.4. The van der Waals surface area contributed by atoms with Gasteiger partial charge in [0, 0.05) is 25.7 Å². The minimum Gasteiger partial charge on any atom is -0.373 e. The van der Waals surface area contributed by atoms with E-state index in [1.165, 1.54) is 5.56 Å². The van der Waals surface area contributed by atoms with Crippen molar-refractivity contribution in [1.29, 1.82) is 0 Å². The SMILES string of the molecule is CCCNC(CN1CCOC(C)(C)C1)c1ccccc1. The number of rotatable bonds is 6. The second-order valence-electron chi connectivity index (χ2n) is 6.26. The topological polar surface area (TPSA) is 24.5 Å². The molecular formula is C17H28N2O. The molecule has 0 radical (unpaired) electrons. The van der Waals surface area contributed by atoms with Crippen molar-refractivity contribution in [3.05, 3.63) is 35.9 Å². The van der Waals surface area contributed by atoms with Crippen LogP contribution < -0.4 is 5.32 Å². The number of hydrogen-bond acceptors (Lipinski definition) is 3. The van der Waals surface area contributed by atoms with Crippen LogP contribution >= 0.6 is 0 Å². The van der Waals surface area contributed by atoms with Crippen LogP contribution in [0.3, 0.4) is 0 Å². The zero-order valence-electron chi connectivity index (χ0n) is 13.1. The van der Waals surface area contributed by atoms with Gasteiger partial charge in [-0.1, -0.05) is 37.3 Å². The van der Waals surface area contributed by atoms with Gasteiger partial charge in [-0.15, -0.1) is 0 Å². The Bertz CT molecular complexity index is 391. The average molecular weight is 276 g/mol. The lowest BCUT2D eigenvalue weighted by molar-refractivity contribution is -0.0876. The number of hydrogen-bond donors (Lipinski definition) is 1. The van der Waals surface area contributed by atoms with Gasteiger partial charge in [-0.05, 0) is 32.4 Å². The van der Waals surface area contributed by atoms with Crippen LogP contribution in [-0.2, 0) is 4.74 Å². The van der Waals surface area contributed by atoms with Crippen molar-refractivity contribution in [1.82, 2.24) is 10.2 Å². The van der Waals surface area contributed by atoms with Gasteiger partial charge in [0.05, 0.1) is 12.2 Å². The summed E-state index contributed by atoms with van der Waals surface area (Å²) in [7, 11) is 0. The highest BCUT2D eigenvalue weighted by atomic mass is 16.5. The molecule has 1 fully saturated rings. The number of nitrogens with one attached hydrogen (secondary N) is 1. The van der Waals surface area contributed by atoms with E-state index in [1.807, 2.05) is 0 Å². The predicted octanol–water partition coefficient (Wildman–Crippen LogP) is 2.84. The molecule has 1 aromatic rings. The normalized spacial score (nSPS) is 20.8. The Hall–Kier alpha value is -0.900. The van der Waals surface area contributed by atoms with Crippen molar-refractivity contribution >= 4 is 0 Å². The first kappa shape index (κ1) is 15.5. The molecule has 1 aliphatic heterocycles. The molecule has 3 nitrogen and oxygen atoms in total. The van der Waals surface area contributed by atoms with E-state index >= 15 is 0 Å². The smallest absolute Gasteiger partial charge is 0.0753 e. The molecule has 0 aromatic heterocycles. The Balaban J connectivity index is 2.00. The van der Waals surface area contributed by atoms with Gasteiger partial charge < -0.3 is 10.1 Å². The van der Waals surface area contributed by atoms with Gasteiger partial charge in [-0.3, -0.25) is 4.90 Å². The minimum atomic E-state index is -0.0236. The summed E-state index contributed by atoms with van der Waals surface area (Å²) in [6.45, 7) is 11.6. The van der Waals surface area contributed by atoms with Crippen molar-refractivity contribution < 1.29 is 4.74 Å². The standard InChI is InChI=1S/C17H28N2O/c1-4-10-18-16(15-8-6-5-7-9-15)13-19-11-12-20-17(2,3)14-19/h5-9,16,18H,4,10-14H2,1-3H3. The third-order valence-electron chi connectivity index (χ3n) is 3.79. The second kappa shape index (κ2) is 7.21. The van der Waals surface area contributed by atoms with E-state index in [0.29, 0.717) is 6.04 Å². The van der Waals surface area contributed by atoms with Gasteiger partial charge in [-0.25, -0.2) is 0 Å². The lowest BCUT2D eigenvalue weighted by atomic mass is 10.0. The maximum atomic E-state index is 5.80. The molecule has 1 aliphatic rings. The Morgan fingerprint density at radius 2 is 2.05 bits per heavy atom. The fourth-order valence-corrected chi connectivity index (χ4v) is 2.82. The van der Waals surface area contributed by atoms with Gasteiger partial charge in [0.1, 0.15) is 0 Å². The first-order valence-corrected chi connectivity index (χ1v) is 7.75. The van der Waals surface area contributed by atoms with Crippen LogP contribution in [0, 0.1) is 0 Å². The molecular weight excluding hydrogens is 248 g/mol.